The number of rotatable bonds is 7. The van der Waals surface area contributed by atoms with Crippen molar-refractivity contribution in [1.29, 1.82) is 0 Å². The zero-order valence-corrected chi connectivity index (χ0v) is 9.86. The minimum atomic E-state index is 0.402. The average molecular weight is 211 g/mol. The number of aryl methyl sites for hydroxylation is 1. The normalized spacial score (nSPS) is 13.0. The third-order valence-corrected chi connectivity index (χ3v) is 2.42. The molecule has 0 saturated heterocycles. The molecule has 4 heteroatoms. The third-order valence-electron chi connectivity index (χ3n) is 2.42. The standard InChI is InChI=1S/C11H21N3O/c1-4-12-11(6-5-7-15-3)10-8-13-14(2)9-10/h8-9,11-12H,4-7H2,1-3H3. The second-order valence-corrected chi connectivity index (χ2v) is 3.69. The number of methoxy groups -OCH3 is 1. The van der Waals surface area contributed by atoms with Gasteiger partial charge in [-0.05, 0) is 19.4 Å². The molecule has 0 bridgehead atoms. The van der Waals surface area contributed by atoms with Crippen LogP contribution in [0.5, 0.6) is 0 Å². The Bertz CT molecular complexity index is 273. The van der Waals surface area contributed by atoms with Crippen LogP contribution in [0.1, 0.15) is 31.4 Å². The molecule has 0 amide bonds. The Morgan fingerprint density at radius 1 is 1.60 bits per heavy atom. The minimum absolute atomic E-state index is 0.402. The molecule has 0 aromatic carbocycles. The number of nitrogens with one attached hydrogen (secondary N) is 1. The lowest BCUT2D eigenvalue weighted by Crippen LogP contribution is -2.20. The fraction of sp³-hybridized carbons (Fsp3) is 0.727. The van der Waals surface area contributed by atoms with Gasteiger partial charge < -0.3 is 10.1 Å². The molecule has 0 saturated carbocycles. The van der Waals surface area contributed by atoms with E-state index in [1.807, 2.05) is 17.9 Å². The lowest BCUT2D eigenvalue weighted by Gasteiger charge is -2.15. The molecule has 1 aromatic rings. The highest BCUT2D eigenvalue weighted by Gasteiger charge is 2.11. The maximum absolute atomic E-state index is 5.06. The summed E-state index contributed by atoms with van der Waals surface area (Å²) in [4.78, 5) is 0. The van der Waals surface area contributed by atoms with Gasteiger partial charge in [0, 0.05) is 38.6 Å². The Morgan fingerprint density at radius 3 is 2.93 bits per heavy atom. The Kier molecular flexibility index (Phi) is 5.36. The molecule has 86 valence electrons. The quantitative estimate of drug-likeness (QED) is 0.695. The smallest absolute Gasteiger partial charge is 0.0537 e. The van der Waals surface area contributed by atoms with Gasteiger partial charge >= 0.3 is 0 Å². The molecular weight excluding hydrogens is 190 g/mol. The second-order valence-electron chi connectivity index (χ2n) is 3.69. The molecule has 0 aliphatic rings. The first-order valence-electron chi connectivity index (χ1n) is 5.48. The first-order valence-corrected chi connectivity index (χ1v) is 5.48. The van der Waals surface area contributed by atoms with Crippen LogP contribution in [0.25, 0.3) is 0 Å². The van der Waals surface area contributed by atoms with E-state index in [0.29, 0.717) is 6.04 Å². The van der Waals surface area contributed by atoms with E-state index < -0.39 is 0 Å². The van der Waals surface area contributed by atoms with Gasteiger partial charge in [0.05, 0.1) is 6.20 Å². The van der Waals surface area contributed by atoms with Crippen molar-refractivity contribution in [3.8, 4) is 0 Å². The highest BCUT2D eigenvalue weighted by atomic mass is 16.5. The SMILES string of the molecule is CCNC(CCCOC)c1cnn(C)c1. The van der Waals surface area contributed by atoms with E-state index in [2.05, 4.69) is 23.5 Å². The highest BCUT2D eigenvalue weighted by Crippen LogP contribution is 2.17. The molecule has 0 fully saturated rings. The van der Waals surface area contributed by atoms with Crippen LogP contribution in [0.15, 0.2) is 12.4 Å². The Balaban J connectivity index is 2.49. The van der Waals surface area contributed by atoms with Crippen LogP contribution < -0.4 is 5.32 Å². The number of hydrogen-bond donors (Lipinski definition) is 1. The van der Waals surface area contributed by atoms with Crippen LogP contribution in [0.2, 0.25) is 0 Å². The van der Waals surface area contributed by atoms with Gasteiger partial charge in [-0.1, -0.05) is 6.92 Å². The van der Waals surface area contributed by atoms with E-state index in [-0.39, 0.29) is 0 Å². The van der Waals surface area contributed by atoms with Gasteiger partial charge in [-0.2, -0.15) is 5.10 Å². The zero-order valence-electron chi connectivity index (χ0n) is 9.86. The highest BCUT2D eigenvalue weighted by molar-refractivity contribution is 5.09. The van der Waals surface area contributed by atoms with E-state index in [0.717, 1.165) is 26.0 Å². The molecule has 1 rings (SSSR count). The Hall–Kier alpha value is -0.870. The number of aromatic nitrogens is 2. The van der Waals surface area contributed by atoms with E-state index in [1.54, 1.807) is 7.11 Å². The molecule has 1 heterocycles. The van der Waals surface area contributed by atoms with E-state index >= 15 is 0 Å². The fourth-order valence-corrected chi connectivity index (χ4v) is 1.68. The van der Waals surface area contributed by atoms with Gasteiger partial charge in [-0.25, -0.2) is 0 Å². The molecule has 0 aliphatic carbocycles. The molecule has 0 spiro atoms. The topological polar surface area (TPSA) is 39.1 Å². The molecule has 0 aliphatic heterocycles. The van der Waals surface area contributed by atoms with Gasteiger partial charge in [-0.15, -0.1) is 0 Å². The molecule has 1 N–H and O–H groups in total. The summed E-state index contributed by atoms with van der Waals surface area (Å²) in [6, 6.07) is 0.402. The van der Waals surface area contributed by atoms with Crippen LogP contribution in [-0.4, -0.2) is 30.0 Å². The largest absolute Gasteiger partial charge is 0.385 e. The van der Waals surface area contributed by atoms with Crippen LogP contribution in [0.3, 0.4) is 0 Å². The van der Waals surface area contributed by atoms with Gasteiger partial charge in [0.25, 0.3) is 0 Å². The fourth-order valence-electron chi connectivity index (χ4n) is 1.68. The van der Waals surface area contributed by atoms with Crippen molar-refractivity contribution >= 4 is 0 Å². The van der Waals surface area contributed by atoms with Crippen molar-refractivity contribution in [1.82, 2.24) is 15.1 Å². The van der Waals surface area contributed by atoms with Crippen molar-refractivity contribution < 1.29 is 4.74 Å². The summed E-state index contributed by atoms with van der Waals surface area (Å²) >= 11 is 0. The van der Waals surface area contributed by atoms with Crippen molar-refractivity contribution in [3.63, 3.8) is 0 Å². The summed E-state index contributed by atoms with van der Waals surface area (Å²) in [7, 11) is 3.69. The van der Waals surface area contributed by atoms with Crippen LogP contribution in [0.4, 0.5) is 0 Å². The summed E-state index contributed by atoms with van der Waals surface area (Å²) in [5.41, 5.74) is 1.26. The van der Waals surface area contributed by atoms with Gasteiger partial charge in [0.1, 0.15) is 0 Å². The number of hydrogen-bond acceptors (Lipinski definition) is 3. The van der Waals surface area contributed by atoms with Crippen molar-refractivity contribution in [3.05, 3.63) is 18.0 Å². The van der Waals surface area contributed by atoms with E-state index in [4.69, 9.17) is 4.74 Å². The summed E-state index contributed by atoms with van der Waals surface area (Å²) in [6.45, 7) is 3.92. The third kappa shape index (κ3) is 4.01. The van der Waals surface area contributed by atoms with E-state index in [1.165, 1.54) is 5.56 Å². The van der Waals surface area contributed by atoms with Crippen LogP contribution in [-0.2, 0) is 11.8 Å². The monoisotopic (exact) mass is 211 g/mol. The lowest BCUT2D eigenvalue weighted by atomic mass is 10.1. The number of ether oxygens (including phenoxy) is 1. The molecule has 15 heavy (non-hydrogen) atoms. The Morgan fingerprint density at radius 2 is 2.40 bits per heavy atom. The predicted octanol–water partition coefficient (Wildman–Crippen LogP) is 1.50. The van der Waals surface area contributed by atoms with E-state index in [9.17, 15) is 0 Å². The first kappa shape index (κ1) is 12.2. The maximum Gasteiger partial charge on any atom is 0.0537 e. The van der Waals surface area contributed by atoms with Gasteiger partial charge in [0.2, 0.25) is 0 Å². The molecule has 1 atom stereocenters. The predicted molar refractivity (Wildman–Crippen MR) is 60.7 cm³/mol. The summed E-state index contributed by atoms with van der Waals surface area (Å²) < 4.78 is 6.91. The summed E-state index contributed by atoms with van der Waals surface area (Å²) in [6.07, 6.45) is 6.16. The summed E-state index contributed by atoms with van der Waals surface area (Å²) in [5, 5.41) is 7.66. The maximum atomic E-state index is 5.06. The molecular formula is C11H21N3O. The van der Waals surface area contributed by atoms with Crippen LogP contribution in [0, 0.1) is 0 Å². The van der Waals surface area contributed by atoms with Gasteiger partial charge in [-0.3, -0.25) is 4.68 Å². The molecule has 1 unspecified atom stereocenters. The van der Waals surface area contributed by atoms with Crippen molar-refractivity contribution in [2.45, 2.75) is 25.8 Å². The first-order chi connectivity index (χ1) is 7.27. The summed E-state index contributed by atoms with van der Waals surface area (Å²) in [5.74, 6) is 0. The van der Waals surface area contributed by atoms with Crippen LogP contribution >= 0.6 is 0 Å². The lowest BCUT2D eigenvalue weighted by molar-refractivity contribution is 0.189. The molecule has 1 aromatic heterocycles. The van der Waals surface area contributed by atoms with Gasteiger partial charge in [0.15, 0.2) is 0 Å². The molecule has 4 nitrogen and oxygen atoms in total. The number of nitrogens with zero attached hydrogens (tertiary/aromatic N) is 2. The average Bonchev–Trinajstić information content (AvgIpc) is 2.64. The zero-order chi connectivity index (χ0) is 11.1. The second kappa shape index (κ2) is 6.58. The minimum Gasteiger partial charge on any atom is -0.385 e. The molecule has 0 radical (unpaired) electrons. The Labute approximate surface area is 91.6 Å². The van der Waals surface area contributed by atoms with Crippen molar-refractivity contribution in [2.75, 3.05) is 20.3 Å². The van der Waals surface area contributed by atoms with Crippen molar-refractivity contribution in [2.24, 2.45) is 7.05 Å².